The van der Waals surface area contributed by atoms with Gasteiger partial charge in [-0.2, -0.15) is 0 Å². The average Bonchev–Trinajstić information content (AvgIpc) is 2.87. The predicted octanol–water partition coefficient (Wildman–Crippen LogP) is 7.03. The van der Waals surface area contributed by atoms with Gasteiger partial charge in [0.15, 0.2) is 0 Å². The molecular formula is C27H41NTi. The molecule has 0 amide bonds. The molecule has 1 N–H and O–H groups in total. The first kappa shape index (κ1) is 22.8. The number of fused-ring (bicyclic) bond motifs is 3. The summed E-state index contributed by atoms with van der Waals surface area (Å²) in [5.41, 5.74) is 9.39. The monoisotopic (exact) mass is 427 g/mol. The molecule has 0 unspecified atom stereocenters. The van der Waals surface area contributed by atoms with E-state index in [1.807, 2.05) is 0 Å². The Bertz CT molecular complexity index is 931. The normalized spacial score (nSPS) is 14.7. The second kappa shape index (κ2) is 7.08. The Hall–Kier alpha value is -0.886. The van der Waals surface area contributed by atoms with Crippen molar-refractivity contribution in [2.75, 3.05) is 0 Å². The van der Waals surface area contributed by atoms with Crippen LogP contribution in [-0.4, -0.2) is 5.54 Å². The van der Waals surface area contributed by atoms with Crippen LogP contribution in [0.3, 0.4) is 0 Å². The van der Waals surface area contributed by atoms with Gasteiger partial charge in [-0.3, -0.25) is 0 Å². The van der Waals surface area contributed by atoms with Crippen LogP contribution >= 0.6 is 0 Å². The first-order valence-corrected chi connectivity index (χ1v) is 15.8. The molecule has 0 saturated heterocycles. The van der Waals surface area contributed by atoms with Gasteiger partial charge in [-0.15, -0.1) is 0 Å². The molecule has 0 aliphatic heterocycles. The van der Waals surface area contributed by atoms with Crippen molar-refractivity contribution >= 4 is 3.87 Å². The molecule has 3 rings (SSSR count). The summed E-state index contributed by atoms with van der Waals surface area (Å²) in [5.74, 6) is 0. The van der Waals surface area contributed by atoms with Crippen LogP contribution in [0.15, 0.2) is 30.3 Å². The van der Waals surface area contributed by atoms with Crippen molar-refractivity contribution in [2.24, 2.45) is 0 Å². The Morgan fingerprint density at radius 1 is 0.724 bits per heavy atom. The summed E-state index contributed by atoms with van der Waals surface area (Å²) in [4.78, 5) is 0. The van der Waals surface area contributed by atoms with E-state index in [4.69, 9.17) is 0 Å². The summed E-state index contributed by atoms with van der Waals surface area (Å²) in [5, 5.41) is 5.05. The number of hydrogen-bond donors (Lipinski definition) is 1. The average molecular weight is 427 g/mol. The fourth-order valence-electron chi connectivity index (χ4n) is 4.74. The van der Waals surface area contributed by atoms with Crippen molar-refractivity contribution in [2.45, 2.75) is 95.6 Å². The van der Waals surface area contributed by atoms with Crippen molar-refractivity contribution in [1.29, 1.82) is 0 Å². The molecular weight excluding hydrogens is 386 g/mol. The second-order valence-electron chi connectivity index (χ2n) is 12.6. The minimum atomic E-state index is -2.42. The Labute approximate surface area is 183 Å². The Morgan fingerprint density at radius 2 is 1.28 bits per heavy atom. The van der Waals surface area contributed by atoms with Gasteiger partial charge in [0.25, 0.3) is 0 Å². The van der Waals surface area contributed by atoms with Crippen LogP contribution in [0.2, 0.25) is 10.5 Å². The van der Waals surface area contributed by atoms with Crippen molar-refractivity contribution in [3.63, 3.8) is 0 Å². The van der Waals surface area contributed by atoms with Gasteiger partial charge in [0, 0.05) is 0 Å². The molecule has 2 heteroatoms. The van der Waals surface area contributed by atoms with E-state index in [0.717, 1.165) is 6.42 Å². The molecule has 0 radical (unpaired) electrons. The summed E-state index contributed by atoms with van der Waals surface area (Å²) >= 11 is -2.42. The Morgan fingerprint density at radius 3 is 1.79 bits per heavy atom. The van der Waals surface area contributed by atoms with Crippen molar-refractivity contribution in [3.8, 4) is 11.1 Å². The molecule has 0 saturated carbocycles. The summed E-state index contributed by atoms with van der Waals surface area (Å²) in [7, 11) is 0. The van der Waals surface area contributed by atoms with Crippen molar-refractivity contribution < 1.29 is 16.8 Å². The zero-order chi connectivity index (χ0) is 22.0. The SMILES string of the molecule is CC(C)(C)[NH][Ti]([CH3])([CH3])[c]1cc(C(C)(C)C)cc2c1Cc1ccc(C(C)(C)C)cc1-2. The Balaban J connectivity index is 2.26. The summed E-state index contributed by atoms with van der Waals surface area (Å²) < 4.78 is 5.71. The van der Waals surface area contributed by atoms with E-state index in [2.05, 4.69) is 107 Å². The molecule has 2 aromatic carbocycles. The quantitative estimate of drug-likeness (QED) is 0.433. The molecule has 0 spiro atoms. The van der Waals surface area contributed by atoms with E-state index in [0.29, 0.717) is 0 Å². The maximum atomic E-state index is 4.07. The van der Waals surface area contributed by atoms with Crippen LogP contribution in [0.5, 0.6) is 0 Å². The third-order valence-corrected chi connectivity index (χ3v) is 11.1. The zero-order valence-corrected chi connectivity index (χ0v) is 22.2. The first-order valence-electron chi connectivity index (χ1n) is 11.1. The molecule has 0 heterocycles. The minimum absolute atomic E-state index is 0.138. The van der Waals surface area contributed by atoms with Gasteiger partial charge >= 0.3 is 184 Å². The zero-order valence-electron chi connectivity index (χ0n) is 20.6. The van der Waals surface area contributed by atoms with Crippen LogP contribution in [0.25, 0.3) is 11.1 Å². The van der Waals surface area contributed by atoms with Gasteiger partial charge in [0.1, 0.15) is 0 Å². The molecule has 0 aromatic heterocycles. The molecule has 0 atom stereocenters. The number of nitrogens with one attached hydrogen (secondary N) is 1. The van der Waals surface area contributed by atoms with Crippen LogP contribution in [-0.2, 0) is 34.1 Å². The fraction of sp³-hybridized carbons (Fsp3) is 0.556. The topological polar surface area (TPSA) is 12.0 Å². The maximum absolute atomic E-state index is 4.07. The molecule has 1 aliphatic rings. The first-order chi connectivity index (χ1) is 13.0. The summed E-state index contributed by atoms with van der Waals surface area (Å²) in [6.07, 6.45) is 1.08. The molecule has 29 heavy (non-hydrogen) atoms. The number of benzene rings is 2. The standard InChI is InChI=1S/C21H25.C4H10N.2CH3.Ti/c1-20(2,3)16-9-7-14-11-15-8-10-17(21(4,5)6)13-19(15)18(14)12-16;1-4(2,3)5;;;/h7,9-10,12-13H,11H2,1-6H3;5H,1-3H3;2*1H3;/q;-1;;;+1. The van der Waals surface area contributed by atoms with Gasteiger partial charge in [-0.1, -0.05) is 0 Å². The van der Waals surface area contributed by atoms with E-state index in [1.165, 1.54) is 27.8 Å². The third-order valence-electron chi connectivity index (χ3n) is 6.11. The fourth-order valence-corrected chi connectivity index (χ4v) is 10.2. The van der Waals surface area contributed by atoms with Crippen LogP contribution in [0, 0.1) is 0 Å². The van der Waals surface area contributed by atoms with E-state index in [-0.39, 0.29) is 16.4 Å². The predicted molar refractivity (Wildman–Crippen MR) is 126 cm³/mol. The molecule has 0 bridgehead atoms. The van der Waals surface area contributed by atoms with E-state index in [1.54, 1.807) is 9.43 Å². The summed E-state index contributed by atoms with van der Waals surface area (Å²) in [6, 6.07) is 12.2. The van der Waals surface area contributed by atoms with Crippen molar-refractivity contribution in [1.82, 2.24) is 3.80 Å². The number of hydrogen-bond acceptors (Lipinski definition) is 1. The van der Waals surface area contributed by atoms with Gasteiger partial charge < -0.3 is 0 Å². The molecule has 0 fully saturated rings. The van der Waals surface area contributed by atoms with Crippen molar-refractivity contribution in [3.05, 3.63) is 52.6 Å². The molecule has 1 nitrogen and oxygen atoms in total. The van der Waals surface area contributed by atoms with E-state index in [9.17, 15) is 0 Å². The van der Waals surface area contributed by atoms with Gasteiger partial charge in [-0.25, -0.2) is 0 Å². The van der Waals surface area contributed by atoms with Gasteiger partial charge in [0.2, 0.25) is 0 Å². The molecule has 158 valence electrons. The Kier molecular flexibility index (Phi) is 5.56. The van der Waals surface area contributed by atoms with Crippen LogP contribution in [0.4, 0.5) is 0 Å². The summed E-state index contributed by atoms with van der Waals surface area (Å²) in [6.45, 7) is 20.9. The molecule has 2 aromatic rings. The van der Waals surface area contributed by atoms with E-state index < -0.39 is 16.8 Å². The molecule has 1 aliphatic carbocycles. The van der Waals surface area contributed by atoms with Crippen LogP contribution in [0.1, 0.15) is 84.6 Å². The van der Waals surface area contributed by atoms with Gasteiger partial charge in [-0.05, 0) is 0 Å². The second-order valence-corrected chi connectivity index (χ2v) is 18.9. The van der Waals surface area contributed by atoms with Crippen LogP contribution < -0.4 is 7.67 Å². The van der Waals surface area contributed by atoms with Gasteiger partial charge in [0.05, 0.1) is 0 Å². The third kappa shape index (κ3) is 4.73. The van der Waals surface area contributed by atoms with E-state index >= 15 is 0 Å². The number of rotatable bonds is 2.